The molecule has 16 heavy (non-hydrogen) atoms. The summed E-state index contributed by atoms with van der Waals surface area (Å²) in [4.78, 5) is 9.20. The molecule has 1 rings (SSSR count). The number of anilines is 1. The van der Waals surface area contributed by atoms with Gasteiger partial charge in [0.05, 0.1) is 11.5 Å². The minimum atomic E-state index is -1.74. The molecule has 0 saturated carbocycles. The lowest BCUT2D eigenvalue weighted by atomic mass is 10.2. The normalized spacial score (nSPS) is 10.2. The Labute approximate surface area is 87.7 Å². The molecule has 8 heteroatoms. The molecule has 2 N–H and O–H groups in total. The van der Waals surface area contributed by atoms with Crippen LogP contribution in [-0.2, 0) is 0 Å². The SMILES string of the molecule is O=[N+]([O-])c1c(F)c(F)cc(F)c1NCCO. The van der Waals surface area contributed by atoms with Gasteiger partial charge in [0.25, 0.3) is 0 Å². The van der Waals surface area contributed by atoms with E-state index >= 15 is 0 Å². The van der Waals surface area contributed by atoms with Crippen molar-refractivity contribution in [2.75, 3.05) is 18.5 Å². The number of nitrogens with zero attached hydrogens (tertiary/aromatic N) is 1. The lowest BCUT2D eigenvalue weighted by molar-refractivity contribution is -0.387. The molecule has 5 nitrogen and oxygen atoms in total. The van der Waals surface area contributed by atoms with Gasteiger partial charge in [0, 0.05) is 12.6 Å². The maximum atomic E-state index is 13.1. The number of halogens is 3. The van der Waals surface area contributed by atoms with Crippen molar-refractivity contribution < 1.29 is 23.2 Å². The molecule has 0 radical (unpaired) electrons. The molecule has 0 bridgehead atoms. The molecule has 1 aromatic carbocycles. The lowest BCUT2D eigenvalue weighted by Crippen LogP contribution is -2.11. The van der Waals surface area contributed by atoms with E-state index in [9.17, 15) is 23.3 Å². The van der Waals surface area contributed by atoms with Gasteiger partial charge in [-0.3, -0.25) is 10.1 Å². The quantitative estimate of drug-likeness (QED) is 0.471. The number of aliphatic hydroxyl groups is 1. The maximum Gasteiger partial charge on any atom is 0.333 e. The molecule has 0 spiro atoms. The molecule has 0 aliphatic heterocycles. The average Bonchev–Trinajstić information content (AvgIpc) is 2.20. The van der Waals surface area contributed by atoms with Crippen LogP contribution in [0.15, 0.2) is 6.07 Å². The zero-order valence-electron chi connectivity index (χ0n) is 7.84. The predicted molar refractivity (Wildman–Crippen MR) is 48.5 cm³/mol. The molecule has 0 aliphatic rings. The summed E-state index contributed by atoms with van der Waals surface area (Å²) in [5.41, 5.74) is -2.09. The highest BCUT2D eigenvalue weighted by atomic mass is 19.2. The molecule has 0 unspecified atom stereocenters. The Morgan fingerprint density at radius 2 is 2.00 bits per heavy atom. The van der Waals surface area contributed by atoms with Crippen LogP contribution >= 0.6 is 0 Å². The Morgan fingerprint density at radius 3 is 2.50 bits per heavy atom. The van der Waals surface area contributed by atoms with Crippen LogP contribution in [0.3, 0.4) is 0 Å². The van der Waals surface area contributed by atoms with Gasteiger partial charge in [0.2, 0.25) is 5.82 Å². The summed E-state index contributed by atoms with van der Waals surface area (Å²) >= 11 is 0. The highest BCUT2D eigenvalue weighted by Gasteiger charge is 2.27. The van der Waals surface area contributed by atoms with Crippen LogP contribution in [0.1, 0.15) is 0 Å². The molecule has 0 heterocycles. The first-order chi connectivity index (χ1) is 7.49. The van der Waals surface area contributed by atoms with Gasteiger partial charge >= 0.3 is 5.69 Å². The van der Waals surface area contributed by atoms with E-state index < -0.39 is 40.4 Å². The molecule has 0 aliphatic carbocycles. The molecule has 0 saturated heterocycles. The van der Waals surface area contributed by atoms with Gasteiger partial charge in [-0.25, -0.2) is 8.78 Å². The number of hydrogen-bond acceptors (Lipinski definition) is 4. The Kier molecular flexibility index (Phi) is 3.67. The van der Waals surface area contributed by atoms with Gasteiger partial charge in [-0.2, -0.15) is 4.39 Å². The van der Waals surface area contributed by atoms with Crippen LogP contribution in [0, 0.1) is 27.6 Å². The average molecular weight is 236 g/mol. The van der Waals surface area contributed by atoms with E-state index in [0.29, 0.717) is 0 Å². The van der Waals surface area contributed by atoms with Gasteiger partial charge in [0.15, 0.2) is 17.3 Å². The third-order valence-corrected chi connectivity index (χ3v) is 1.74. The Morgan fingerprint density at radius 1 is 1.38 bits per heavy atom. The zero-order valence-corrected chi connectivity index (χ0v) is 7.84. The summed E-state index contributed by atoms with van der Waals surface area (Å²) in [6.07, 6.45) is 0. The van der Waals surface area contributed by atoms with E-state index in [1.54, 1.807) is 0 Å². The molecular formula is C8H7F3N2O3. The topological polar surface area (TPSA) is 75.4 Å². The van der Waals surface area contributed by atoms with E-state index in [0.717, 1.165) is 0 Å². The predicted octanol–water partition coefficient (Wildman–Crippen LogP) is 1.42. The number of aliphatic hydroxyl groups excluding tert-OH is 1. The standard InChI is InChI=1S/C8H7F3N2O3/c9-4-3-5(10)7(12-1-2-14)8(6(4)11)13(15)16/h3,12,14H,1-2H2. The van der Waals surface area contributed by atoms with Crippen molar-refractivity contribution in [3.8, 4) is 0 Å². The monoisotopic (exact) mass is 236 g/mol. The minimum absolute atomic E-state index is 0.196. The second kappa shape index (κ2) is 4.79. The van der Waals surface area contributed by atoms with Crippen molar-refractivity contribution in [1.29, 1.82) is 0 Å². The smallest absolute Gasteiger partial charge is 0.333 e. The van der Waals surface area contributed by atoms with Crippen LogP contribution in [0.5, 0.6) is 0 Å². The Hall–Kier alpha value is -1.83. The number of nitrogens with one attached hydrogen (secondary N) is 1. The number of nitro benzene ring substituents is 1. The van der Waals surface area contributed by atoms with Gasteiger partial charge in [-0.05, 0) is 0 Å². The van der Waals surface area contributed by atoms with E-state index in [2.05, 4.69) is 5.32 Å². The number of nitro groups is 1. The lowest BCUT2D eigenvalue weighted by Gasteiger charge is -2.07. The summed E-state index contributed by atoms with van der Waals surface area (Å²) in [6.45, 7) is -0.654. The maximum absolute atomic E-state index is 13.1. The van der Waals surface area contributed by atoms with E-state index in [4.69, 9.17) is 5.11 Å². The molecule has 0 amide bonds. The third kappa shape index (κ3) is 2.22. The second-order valence-corrected chi connectivity index (χ2v) is 2.79. The highest BCUT2D eigenvalue weighted by Crippen LogP contribution is 2.31. The summed E-state index contributed by atoms with van der Waals surface area (Å²) in [6, 6.07) is 0.196. The summed E-state index contributed by atoms with van der Waals surface area (Å²) in [7, 11) is 0. The highest BCUT2D eigenvalue weighted by molar-refractivity contribution is 5.63. The molecule has 0 fully saturated rings. The number of benzene rings is 1. The first-order valence-electron chi connectivity index (χ1n) is 4.15. The third-order valence-electron chi connectivity index (χ3n) is 1.74. The molecule has 1 aromatic rings. The first kappa shape index (κ1) is 12.2. The Bertz CT molecular complexity index is 425. The number of rotatable bonds is 4. The van der Waals surface area contributed by atoms with Crippen molar-refractivity contribution in [3.63, 3.8) is 0 Å². The van der Waals surface area contributed by atoms with Gasteiger partial charge in [-0.1, -0.05) is 0 Å². The van der Waals surface area contributed by atoms with Gasteiger partial charge in [-0.15, -0.1) is 0 Å². The number of hydrogen-bond donors (Lipinski definition) is 2. The largest absolute Gasteiger partial charge is 0.395 e. The van der Waals surface area contributed by atoms with Crippen molar-refractivity contribution >= 4 is 11.4 Å². The van der Waals surface area contributed by atoms with Crippen molar-refractivity contribution in [3.05, 3.63) is 33.6 Å². The summed E-state index contributed by atoms with van der Waals surface area (Å²) in [5.74, 6) is -4.68. The fourth-order valence-corrected chi connectivity index (χ4v) is 1.10. The Balaban J connectivity index is 3.32. The van der Waals surface area contributed by atoms with E-state index in [1.165, 1.54) is 0 Å². The molecule has 0 atom stereocenters. The van der Waals surface area contributed by atoms with Crippen LogP contribution < -0.4 is 5.32 Å². The van der Waals surface area contributed by atoms with E-state index in [-0.39, 0.29) is 12.6 Å². The van der Waals surface area contributed by atoms with Crippen LogP contribution in [0.25, 0.3) is 0 Å². The van der Waals surface area contributed by atoms with E-state index in [1.807, 2.05) is 0 Å². The molecule has 0 aromatic heterocycles. The van der Waals surface area contributed by atoms with Gasteiger partial charge in [0.1, 0.15) is 0 Å². The molecular weight excluding hydrogens is 229 g/mol. The molecule has 88 valence electrons. The summed E-state index contributed by atoms with van der Waals surface area (Å²) in [5, 5.41) is 21.0. The van der Waals surface area contributed by atoms with Crippen molar-refractivity contribution in [1.82, 2.24) is 0 Å². The zero-order chi connectivity index (χ0) is 12.3. The van der Waals surface area contributed by atoms with Gasteiger partial charge < -0.3 is 10.4 Å². The fourth-order valence-electron chi connectivity index (χ4n) is 1.10. The fraction of sp³-hybridized carbons (Fsp3) is 0.250. The second-order valence-electron chi connectivity index (χ2n) is 2.79. The van der Waals surface area contributed by atoms with Crippen LogP contribution in [0.4, 0.5) is 24.5 Å². The van der Waals surface area contributed by atoms with Crippen LogP contribution in [0.2, 0.25) is 0 Å². The first-order valence-corrected chi connectivity index (χ1v) is 4.15. The van der Waals surface area contributed by atoms with Crippen molar-refractivity contribution in [2.24, 2.45) is 0 Å². The summed E-state index contributed by atoms with van der Waals surface area (Å²) < 4.78 is 38.9. The minimum Gasteiger partial charge on any atom is -0.395 e. The van der Waals surface area contributed by atoms with Crippen LogP contribution in [-0.4, -0.2) is 23.2 Å². The van der Waals surface area contributed by atoms with Crippen molar-refractivity contribution in [2.45, 2.75) is 0 Å².